The predicted octanol–water partition coefficient (Wildman–Crippen LogP) is 4.41. The molecule has 0 unspecified atom stereocenters. The molecule has 1 N–H and O–H groups in total. The Morgan fingerprint density at radius 3 is 2.05 bits per heavy atom. The van der Waals surface area contributed by atoms with Gasteiger partial charge in [0.25, 0.3) is 0 Å². The van der Waals surface area contributed by atoms with Crippen LogP contribution in [-0.2, 0) is 10.8 Å². The highest BCUT2D eigenvalue weighted by molar-refractivity contribution is 5.33. The lowest BCUT2D eigenvalue weighted by Crippen LogP contribution is -2.38. The summed E-state index contributed by atoms with van der Waals surface area (Å²) in [7, 11) is 2.08. The van der Waals surface area contributed by atoms with Gasteiger partial charge in [0, 0.05) is 12.0 Å². The minimum Gasteiger partial charge on any atom is -0.319 e. The largest absolute Gasteiger partial charge is 0.319 e. The second-order valence-corrected chi connectivity index (χ2v) is 7.20. The first-order valence-electron chi connectivity index (χ1n) is 7.74. The van der Waals surface area contributed by atoms with E-state index in [4.69, 9.17) is 0 Å². The molecule has 1 aromatic carbocycles. The van der Waals surface area contributed by atoms with Crippen LogP contribution >= 0.6 is 0 Å². The molecule has 0 heterocycles. The Balaban J connectivity index is 2.27. The first kappa shape index (κ1) is 14.6. The SMILES string of the molecule is CNCC1(c2ccc(C(C)(C)C)cc2)CCCCC1. The van der Waals surface area contributed by atoms with Crippen LogP contribution in [0.1, 0.15) is 64.0 Å². The Morgan fingerprint density at radius 2 is 1.58 bits per heavy atom. The van der Waals surface area contributed by atoms with Gasteiger partial charge in [-0.05, 0) is 36.4 Å². The van der Waals surface area contributed by atoms with Crippen molar-refractivity contribution < 1.29 is 0 Å². The fourth-order valence-electron chi connectivity index (χ4n) is 3.46. The molecule has 0 atom stereocenters. The molecular formula is C18H29N. The monoisotopic (exact) mass is 259 g/mol. The van der Waals surface area contributed by atoms with Crippen molar-refractivity contribution in [2.24, 2.45) is 0 Å². The van der Waals surface area contributed by atoms with E-state index in [1.54, 1.807) is 0 Å². The molecule has 1 nitrogen and oxygen atoms in total. The molecule has 0 saturated heterocycles. The van der Waals surface area contributed by atoms with Crippen LogP contribution in [0.4, 0.5) is 0 Å². The normalized spacial score (nSPS) is 19.4. The number of nitrogens with one attached hydrogen (secondary N) is 1. The van der Waals surface area contributed by atoms with E-state index in [0.717, 1.165) is 6.54 Å². The van der Waals surface area contributed by atoms with Crippen LogP contribution in [0.15, 0.2) is 24.3 Å². The zero-order chi connectivity index (χ0) is 13.9. The molecule has 0 spiro atoms. The van der Waals surface area contributed by atoms with Crippen LogP contribution in [-0.4, -0.2) is 13.6 Å². The lowest BCUT2D eigenvalue weighted by molar-refractivity contribution is 0.286. The summed E-state index contributed by atoms with van der Waals surface area (Å²) in [6.07, 6.45) is 6.84. The molecule has 0 amide bonds. The Morgan fingerprint density at radius 1 is 1.00 bits per heavy atom. The standard InChI is InChI=1S/C18H29N/c1-17(2,3)15-8-10-16(11-9-15)18(14-19-4)12-6-5-7-13-18/h8-11,19H,5-7,12-14H2,1-4H3. The van der Waals surface area contributed by atoms with Crippen molar-refractivity contribution in [2.45, 2.75) is 63.7 Å². The molecule has 0 aromatic heterocycles. The lowest BCUT2D eigenvalue weighted by Gasteiger charge is -2.38. The summed E-state index contributed by atoms with van der Waals surface area (Å²) < 4.78 is 0. The van der Waals surface area contributed by atoms with Gasteiger partial charge in [0.15, 0.2) is 0 Å². The summed E-state index contributed by atoms with van der Waals surface area (Å²) in [5.41, 5.74) is 3.60. The summed E-state index contributed by atoms with van der Waals surface area (Å²) in [6, 6.07) is 9.43. The minimum absolute atomic E-state index is 0.251. The number of hydrogen-bond acceptors (Lipinski definition) is 1. The molecule has 19 heavy (non-hydrogen) atoms. The van der Waals surface area contributed by atoms with Gasteiger partial charge in [0.05, 0.1) is 0 Å². The number of rotatable bonds is 3. The Hall–Kier alpha value is -0.820. The van der Waals surface area contributed by atoms with Crippen LogP contribution in [0.2, 0.25) is 0 Å². The topological polar surface area (TPSA) is 12.0 Å². The van der Waals surface area contributed by atoms with Crippen molar-refractivity contribution in [3.63, 3.8) is 0 Å². The van der Waals surface area contributed by atoms with E-state index in [2.05, 4.69) is 57.4 Å². The summed E-state index contributed by atoms with van der Waals surface area (Å²) in [4.78, 5) is 0. The summed E-state index contributed by atoms with van der Waals surface area (Å²) >= 11 is 0. The van der Waals surface area contributed by atoms with Crippen LogP contribution in [0.3, 0.4) is 0 Å². The molecule has 1 aliphatic carbocycles. The van der Waals surface area contributed by atoms with Gasteiger partial charge in [-0.25, -0.2) is 0 Å². The van der Waals surface area contributed by atoms with Crippen molar-refractivity contribution in [3.05, 3.63) is 35.4 Å². The lowest BCUT2D eigenvalue weighted by atomic mass is 9.69. The number of likely N-dealkylation sites (N-methyl/N-ethyl adjacent to an activating group) is 1. The molecular weight excluding hydrogens is 230 g/mol. The molecule has 1 aromatic rings. The molecule has 1 aliphatic rings. The highest BCUT2D eigenvalue weighted by Crippen LogP contribution is 2.39. The fourth-order valence-corrected chi connectivity index (χ4v) is 3.46. The molecule has 2 rings (SSSR count). The molecule has 0 bridgehead atoms. The van der Waals surface area contributed by atoms with Crippen LogP contribution in [0, 0.1) is 0 Å². The van der Waals surface area contributed by atoms with E-state index in [9.17, 15) is 0 Å². The van der Waals surface area contributed by atoms with Gasteiger partial charge in [0.1, 0.15) is 0 Å². The second kappa shape index (κ2) is 5.66. The predicted molar refractivity (Wildman–Crippen MR) is 83.8 cm³/mol. The summed E-state index contributed by atoms with van der Waals surface area (Å²) in [5.74, 6) is 0. The zero-order valence-electron chi connectivity index (χ0n) is 13.1. The fraction of sp³-hybridized carbons (Fsp3) is 0.667. The first-order valence-corrected chi connectivity index (χ1v) is 7.74. The molecule has 0 radical (unpaired) electrons. The Labute approximate surface area is 118 Å². The number of benzene rings is 1. The van der Waals surface area contributed by atoms with E-state index in [1.165, 1.54) is 43.2 Å². The van der Waals surface area contributed by atoms with Crippen molar-refractivity contribution in [1.82, 2.24) is 5.32 Å². The van der Waals surface area contributed by atoms with Gasteiger partial charge in [-0.15, -0.1) is 0 Å². The molecule has 106 valence electrons. The first-order chi connectivity index (χ1) is 8.98. The average Bonchev–Trinajstić information content (AvgIpc) is 2.39. The maximum atomic E-state index is 3.42. The molecule has 1 saturated carbocycles. The van der Waals surface area contributed by atoms with Crippen molar-refractivity contribution in [3.8, 4) is 0 Å². The van der Waals surface area contributed by atoms with Crippen LogP contribution in [0.5, 0.6) is 0 Å². The van der Waals surface area contributed by atoms with Crippen LogP contribution < -0.4 is 5.32 Å². The maximum absolute atomic E-state index is 3.42. The smallest absolute Gasteiger partial charge is 0.00776 e. The van der Waals surface area contributed by atoms with Gasteiger partial charge in [-0.2, -0.15) is 0 Å². The van der Waals surface area contributed by atoms with Crippen molar-refractivity contribution in [2.75, 3.05) is 13.6 Å². The van der Waals surface area contributed by atoms with E-state index < -0.39 is 0 Å². The van der Waals surface area contributed by atoms with Crippen LogP contribution in [0.25, 0.3) is 0 Å². The van der Waals surface area contributed by atoms with Crippen molar-refractivity contribution in [1.29, 1.82) is 0 Å². The highest BCUT2D eigenvalue weighted by atomic mass is 14.8. The van der Waals surface area contributed by atoms with E-state index in [1.807, 2.05) is 0 Å². The Bertz CT molecular complexity index is 385. The van der Waals surface area contributed by atoms with E-state index in [-0.39, 0.29) is 5.41 Å². The summed E-state index contributed by atoms with van der Waals surface area (Å²) in [5, 5.41) is 3.42. The highest BCUT2D eigenvalue weighted by Gasteiger charge is 2.33. The Kier molecular flexibility index (Phi) is 4.35. The molecule has 1 fully saturated rings. The zero-order valence-corrected chi connectivity index (χ0v) is 13.1. The van der Waals surface area contributed by atoms with Gasteiger partial charge in [-0.1, -0.05) is 64.3 Å². The molecule has 1 heteroatoms. The minimum atomic E-state index is 0.251. The van der Waals surface area contributed by atoms with Gasteiger partial charge in [0.2, 0.25) is 0 Å². The third-order valence-corrected chi connectivity index (χ3v) is 4.69. The third kappa shape index (κ3) is 3.20. The maximum Gasteiger partial charge on any atom is 0.00776 e. The molecule has 0 aliphatic heterocycles. The second-order valence-electron chi connectivity index (χ2n) is 7.20. The quantitative estimate of drug-likeness (QED) is 0.848. The van der Waals surface area contributed by atoms with Gasteiger partial charge in [-0.3, -0.25) is 0 Å². The van der Waals surface area contributed by atoms with Gasteiger partial charge < -0.3 is 5.32 Å². The van der Waals surface area contributed by atoms with Crippen molar-refractivity contribution >= 4 is 0 Å². The van der Waals surface area contributed by atoms with E-state index >= 15 is 0 Å². The van der Waals surface area contributed by atoms with E-state index in [0.29, 0.717) is 5.41 Å². The average molecular weight is 259 g/mol. The number of hydrogen-bond donors (Lipinski definition) is 1. The summed E-state index contributed by atoms with van der Waals surface area (Å²) in [6.45, 7) is 7.96. The third-order valence-electron chi connectivity index (χ3n) is 4.69. The van der Waals surface area contributed by atoms with Gasteiger partial charge >= 0.3 is 0 Å².